The Morgan fingerprint density at radius 1 is 1.30 bits per heavy atom. The molecule has 0 atom stereocenters. The molecule has 9 heteroatoms. The molecule has 27 heavy (non-hydrogen) atoms. The molecule has 3 aromatic rings. The lowest BCUT2D eigenvalue weighted by molar-refractivity contribution is 0.0902. The van der Waals surface area contributed by atoms with Gasteiger partial charge in [0.15, 0.2) is 5.82 Å². The van der Waals surface area contributed by atoms with E-state index in [1.54, 1.807) is 6.07 Å². The van der Waals surface area contributed by atoms with E-state index in [4.69, 9.17) is 4.52 Å². The van der Waals surface area contributed by atoms with Gasteiger partial charge in [-0.25, -0.2) is 0 Å². The van der Waals surface area contributed by atoms with Crippen LogP contribution in [0.25, 0.3) is 11.3 Å². The predicted molar refractivity (Wildman–Crippen MR) is 104 cm³/mol. The fraction of sp³-hybridized carbons (Fsp3) is 0.333. The summed E-state index contributed by atoms with van der Waals surface area (Å²) in [5, 5.41) is 13.9. The van der Waals surface area contributed by atoms with E-state index in [1.165, 1.54) is 0 Å². The van der Waals surface area contributed by atoms with E-state index in [1.807, 2.05) is 57.1 Å². The Morgan fingerprint density at radius 3 is 2.67 bits per heavy atom. The molecule has 8 nitrogen and oxygen atoms in total. The molecule has 0 unspecified atom stereocenters. The zero-order chi connectivity index (χ0) is 19.6. The van der Waals surface area contributed by atoms with Gasteiger partial charge in [0.25, 0.3) is 5.91 Å². The van der Waals surface area contributed by atoms with E-state index < -0.39 is 5.54 Å². The Kier molecular flexibility index (Phi) is 5.43. The number of aromatic amines is 1. The Morgan fingerprint density at radius 2 is 2.00 bits per heavy atom. The van der Waals surface area contributed by atoms with Gasteiger partial charge in [-0.15, -0.1) is 0 Å². The highest BCUT2D eigenvalue weighted by atomic mass is 79.9. The second-order valence-electron chi connectivity index (χ2n) is 7.00. The molecule has 2 N–H and O–H groups in total. The van der Waals surface area contributed by atoms with Gasteiger partial charge >= 0.3 is 0 Å². The van der Waals surface area contributed by atoms with E-state index >= 15 is 0 Å². The molecule has 1 aromatic carbocycles. The number of carbonyl (C=O) groups excluding carboxylic acids is 1. The standard InChI is InChI=1S/C18H21BrN6O2/c1-18(2,17-20-15(27-24-17)10-25(3)4)21-16(26)14-9-13(22-23-14)11-5-7-12(19)8-6-11/h5-9H,10H2,1-4H3,(H,21,26)(H,22,23). The van der Waals surface area contributed by atoms with Crippen LogP contribution in [0.4, 0.5) is 0 Å². The highest BCUT2D eigenvalue weighted by molar-refractivity contribution is 9.10. The topological polar surface area (TPSA) is 99.9 Å². The van der Waals surface area contributed by atoms with E-state index in [0.29, 0.717) is 29.6 Å². The maximum Gasteiger partial charge on any atom is 0.270 e. The molecule has 0 saturated heterocycles. The molecule has 142 valence electrons. The molecule has 0 spiro atoms. The van der Waals surface area contributed by atoms with Crippen molar-refractivity contribution in [2.24, 2.45) is 0 Å². The first-order valence-corrected chi connectivity index (χ1v) is 9.15. The SMILES string of the molecule is CN(C)Cc1nc(C(C)(C)NC(=O)c2cc(-c3ccc(Br)cc3)n[nH]2)no1. The van der Waals surface area contributed by atoms with Gasteiger partial charge in [0.05, 0.1) is 17.8 Å². The lowest BCUT2D eigenvalue weighted by Gasteiger charge is -2.21. The summed E-state index contributed by atoms with van der Waals surface area (Å²) in [5.41, 5.74) is 1.17. The molecule has 1 amide bonds. The summed E-state index contributed by atoms with van der Waals surface area (Å²) in [4.78, 5) is 18.9. The van der Waals surface area contributed by atoms with Crippen molar-refractivity contribution in [3.63, 3.8) is 0 Å². The molecule has 0 fully saturated rings. The van der Waals surface area contributed by atoms with Crippen molar-refractivity contribution >= 4 is 21.8 Å². The van der Waals surface area contributed by atoms with Crippen LogP contribution in [0.2, 0.25) is 0 Å². The number of benzene rings is 1. The Labute approximate surface area is 165 Å². The first-order valence-electron chi connectivity index (χ1n) is 8.36. The van der Waals surface area contributed by atoms with Gasteiger partial charge in [-0.1, -0.05) is 33.2 Å². The number of nitrogens with one attached hydrogen (secondary N) is 2. The maximum absolute atomic E-state index is 12.6. The van der Waals surface area contributed by atoms with Gasteiger partial charge in [-0.3, -0.25) is 9.89 Å². The minimum absolute atomic E-state index is 0.296. The normalized spacial score (nSPS) is 11.8. The molecule has 0 saturated carbocycles. The van der Waals surface area contributed by atoms with Gasteiger partial charge < -0.3 is 14.7 Å². The third-order valence-electron chi connectivity index (χ3n) is 3.87. The summed E-state index contributed by atoms with van der Waals surface area (Å²) >= 11 is 3.40. The molecule has 0 bridgehead atoms. The van der Waals surface area contributed by atoms with Crippen molar-refractivity contribution in [1.82, 2.24) is 30.6 Å². The zero-order valence-corrected chi connectivity index (χ0v) is 17.2. The molecule has 2 heterocycles. The van der Waals surface area contributed by atoms with Crippen molar-refractivity contribution in [2.75, 3.05) is 14.1 Å². The molecule has 0 aliphatic rings. The van der Waals surface area contributed by atoms with Gasteiger partial charge in [-0.05, 0) is 46.1 Å². The smallest absolute Gasteiger partial charge is 0.270 e. The van der Waals surface area contributed by atoms with E-state index in [0.717, 1.165) is 10.0 Å². The number of H-pyrrole nitrogens is 1. The highest BCUT2D eigenvalue weighted by Crippen LogP contribution is 2.22. The number of rotatable bonds is 6. The number of carbonyl (C=O) groups is 1. The predicted octanol–water partition coefficient (Wildman–Crippen LogP) is 2.95. The first-order chi connectivity index (χ1) is 12.7. The van der Waals surface area contributed by atoms with Gasteiger partial charge in [0, 0.05) is 10.0 Å². The number of nitrogens with zero attached hydrogens (tertiary/aromatic N) is 4. The van der Waals surface area contributed by atoms with Gasteiger partial charge in [0.1, 0.15) is 5.69 Å². The zero-order valence-electron chi connectivity index (χ0n) is 15.6. The van der Waals surface area contributed by atoms with Crippen LogP contribution >= 0.6 is 15.9 Å². The van der Waals surface area contributed by atoms with Crippen molar-refractivity contribution in [1.29, 1.82) is 0 Å². The molecular formula is C18H21BrN6O2. The second kappa shape index (κ2) is 7.61. The molecule has 0 aliphatic heterocycles. The van der Waals surface area contributed by atoms with Crippen molar-refractivity contribution in [3.8, 4) is 11.3 Å². The number of halogens is 1. The van der Waals surface area contributed by atoms with Crippen LogP contribution in [0.5, 0.6) is 0 Å². The largest absolute Gasteiger partial charge is 0.338 e. The number of hydrogen-bond acceptors (Lipinski definition) is 6. The van der Waals surface area contributed by atoms with Crippen LogP contribution in [0, 0.1) is 0 Å². The summed E-state index contributed by atoms with van der Waals surface area (Å²) in [5.74, 6) is 0.617. The van der Waals surface area contributed by atoms with Gasteiger partial charge in [-0.2, -0.15) is 10.1 Å². The Hall–Kier alpha value is -2.52. The summed E-state index contributed by atoms with van der Waals surface area (Å²) in [6.07, 6.45) is 0. The summed E-state index contributed by atoms with van der Waals surface area (Å²) in [6, 6.07) is 9.42. The van der Waals surface area contributed by atoms with E-state index in [2.05, 4.69) is 41.6 Å². The monoisotopic (exact) mass is 432 g/mol. The van der Waals surface area contributed by atoms with Crippen LogP contribution in [-0.2, 0) is 12.1 Å². The minimum atomic E-state index is -0.798. The van der Waals surface area contributed by atoms with Crippen LogP contribution in [-0.4, -0.2) is 45.2 Å². The minimum Gasteiger partial charge on any atom is -0.338 e. The fourth-order valence-corrected chi connectivity index (χ4v) is 2.72. The summed E-state index contributed by atoms with van der Waals surface area (Å²) < 4.78 is 6.22. The Bertz CT molecular complexity index is 929. The highest BCUT2D eigenvalue weighted by Gasteiger charge is 2.29. The van der Waals surface area contributed by atoms with Crippen LogP contribution < -0.4 is 5.32 Å². The molecule has 0 radical (unpaired) electrons. The fourth-order valence-electron chi connectivity index (χ4n) is 2.46. The van der Waals surface area contributed by atoms with E-state index in [-0.39, 0.29) is 5.91 Å². The molecule has 2 aromatic heterocycles. The second-order valence-corrected chi connectivity index (χ2v) is 7.92. The third-order valence-corrected chi connectivity index (χ3v) is 4.40. The average Bonchev–Trinajstić information content (AvgIpc) is 3.24. The number of amides is 1. The van der Waals surface area contributed by atoms with Crippen LogP contribution in [0.3, 0.4) is 0 Å². The first kappa shape index (κ1) is 19.2. The molecular weight excluding hydrogens is 412 g/mol. The van der Waals surface area contributed by atoms with Gasteiger partial charge in [0.2, 0.25) is 5.89 Å². The molecule has 0 aliphatic carbocycles. The quantitative estimate of drug-likeness (QED) is 0.620. The average molecular weight is 433 g/mol. The van der Waals surface area contributed by atoms with Crippen molar-refractivity contribution in [3.05, 3.63) is 52.2 Å². The number of aromatic nitrogens is 4. The van der Waals surface area contributed by atoms with Crippen molar-refractivity contribution < 1.29 is 9.32 Å². The molecule has 3 rings (SSSR count). The lowest BCUT2D eigenvalue weighted by atomic mass is 10.0. The Balaban J connectivity index is 1.72. The van der Waals surface area contributed by atoms with Crippen molar-refractivity contribution in [2.45, 2.75) is 25.9 Å². The number of hydrogen-bond donors (Lipinski definition) is 2. The van der Waals surface area contributed by atoms with Crippen LogP contribution in [0.1, 0.15) is 36.1 Å². The van der Waals surface area contributed by atoms with Crippen LogP contribution in [0.15, 0.2) is 39.3 Å². The summed E-state index contributed by atoms with van der Waals surface area (Å²) in [7, 11) is 3.83. The summed E-state index contributed by atoms with van der Waals surface area (Å²) in [6.45, 7) is 4.18. The third kappa shape index (κ3) is 4.61. The lowest BCUT2D eigenvalue weighted by Crippen LogP contribution is -2.42. The maximum atomic E-state index is 12.6. The van der Waals surface area contributed by atoms with E-state index in [9.17, 15) is 4.79 Å².